The van der Waals surface area contributed by atoms with E-state index in [0.29, 0.717) is 5.56 Å². The molecule has 1 amide bonds. The molecule has 2 unspecified atom stereocenters. The maximum Gasteiger partial charge on any atom is 0.252 e. The topological polar surface area (TPSA) is 54.1 Å². The zero-order chi connectivity index (χ0) is 12.5. The highest BCUT2D eigenvalue weighted by molar-refractivity contribution is 6.06. The zero-order valence-electron chi connectivity index (χ0n) is 10.3. The van der Waals surface area contributed by atoms with Crippen molar-refractivity contribution in [1.82, 2.24) is 10.3 Å². The largest absolute Gasteiger partial charge is 0.376 e. The molecule has 2 N–H and O–H groups in total. The van der Waals surface area contributed by atoms with Gasteiger partial charge in [-0.3, -0.25) is 4.79 Å². The maximum absolute atomic E-state index is 12.3. The van der Waals surface area contributed by atoms with Crippen molar-refractivity contribution >= 4 is 16.8 Å². The average molecular weight is 244 g/mol. The highest BCUT2D eigenvalue weighted by Gasteiger charge is 2.26. The van der Waals surface area contributed by atoms with Gasteiger partial charge < -0.3 is 15.0 Å². The Kier molecular flexibility index (Phi) is 2.80. The normalized spacial score (nSPS) is 23.4. The van der Waals surface area contributed by atoms with Gasteiger partial charge in [-0.25, -0.2) is 0 Å². The summed E-state index contributed by atoms with van der Waals surface area (Å²) in [5, 5.41) is 4.01. The predicted octanol–water partition coefficient (Wildman–Crippen LogP) is 2.08. The van der Waals surface area contributed by atoms with Crippen LogP contribution in [0.5, 0.6) is 0 Å². The maximum atomic E-state index is 12.3. The first-order valence-corrected chi connectivity index (χ1v) is 6.24. The van der Waals surface area contributed by atoms with E-state index in [1.54, 1.807) is 0 Å². The quantitative estimate of drug-likeness (QED) is 0.849. The van der Waals surface area contributed by atoms with Crippen LogP contribution in [0.15, 0.2) is 30.5 Å². The Hall–Kier alpha value is -1.81. The average Bonchev–Trinajstić information content (AvgIpc) is 2.98. The second kappa shape index (κ2) is 4.46. The van der Waals surface area contributed by atoms with Crippen LogP contribution in [0.1, 0.15) is 23.7 Å². The Bertz CT molecular complexity index is 576. The van der Waals surface area contributed by atoms with Crippen molar-refractivity contribution in [2.75, 3.05) is 6.61 Å². The molecule has 2 aromatic rings. The number of ether oxygens (including phenoxy) is 1. The summed E-state index contributed by atoms with van der Waals surface area (Å²) >= 11 is 0. The summed E-state index contributed by atoms with van der Waals surface area (Å²) in [6.07, 6.45) is 2.83. The Labute approximate surface area is 105 Å². The third kappa shape index (κ3) is 1.88. The Morgan fingerprint density at radius 3 is 3.11 bits per heavy atom. The molecule has 94 valence electrons. The van der Waals surface area contributed by atoms with Gasteiger partial charge in [-0.1, -0.05) is 6.07 Å². The zero-order valence-corrected chi connectivity index (χ0v) is 10.3. The van der Waals surface area contributed by atoms with Gasteiger partial charge >= 0.3 is 0 Å². The molecule has 0 aliphatic carbocycles. The van der Waals surface area contributed by atoms with Crippen LogP contribution < -0.4 is 5.32 Å². The SMILES string of the molecule is CC1OCCC1NC(=O)c1cccc2[nH]ccc12. The number of hydrogen-bond donors (Lipinski definition) is 2. The highest BCUT2D eigenvalue weighted by Crippen LogP contribution is 2.19. The van der Waals surface area contributed by atoms with Crippen molar-refractivity contribution < 1.29 is 9.53 Å². The minimum Gasteiger partial charge on any atom is -0.376 e. The summed E-state index contributed by atoms with van der Waals surface area (Å²) in [6.45, 7) is 2.72. The first-order valence-electron chi connectivity index (χ1n) is 6.24. The van der Waals surface area contributed by atoms with Crippen LogP contribution >= 0.6 is 0 Å². The van der Waals surface area contributed by atoms with Crippen molar-refractivity contribution in [3.05, 3.63) is 36.0 Å². The molecule has 4 heteroatoms. The van der Waals surface area contributed by atoms with Crippen molar-refractivity contribution in [2.24, 2.45) is 0 Å². The van der Waals surface area contributed by atoms with E-state index in [1.807, 2.05) is 37.4 Å². The minimum absolute atomic E-state index is 0.0254. The lowest BCUT2D eigenvalue weighted by atomic mass is 10.1. The highest BCUT2D eigenvalue weighted by atomic mass is 16.5. The van der Waals surface area contributed by atoms with Crippen LogP contribution in [-0.2, 0) is 4.74 Å². The van der Waals surface area contributed by atoms with Crippen LogP contribution in [0.3, 0.4) is 0 Å². The van der Waals surface area contributed by atoms with Crippen LogP contribution in [0.25, 0.3) is 10.9 Å². The molecule has 4 nitrogen and oxygen atoms in total. The van der Waals surface area contributed by atoms with Crippen molar-refractivity contribution in [3.8, 4) is 0 Å². The first-order chi connectivity index (χ1) is 8.75. The van der Waals surface area contributed by atoms with Crippen LogP contribution in [-0.4, -0.2) is 29.6 Å². The Morgan fingerprint density at radius 2 is 2.33 bits per heavy atom. The third-order valence-corrected chi connectivity index (χ3v) is 3.53. The van der Waals surface area contributed by atoms with Gasteiger partial charge in [0, 0.05) is 29.3 Å². The van der Waals surface area contributed by atoms with E-state index < -0.39 is 0 Å². The fraction of sp³-hybridized carbons (Fsp3) is 0.357. The van der Waals surface area contributed by atoms with Crippen molar-refractivity contribution in [1.29, 1.82) is 0 Å². The van der Waals surface area contributed by atoms with Crippen LogP contribution in [0.2, 0.25) is 0 Å². The Balaban J connectivity index is 1.85. The summed E-state index contributed by atoms with van der Waals surface area (Å²) in [5.41, 5.74) is 1.70. The van der Waals surface area contributed by atoms with E-state index >= 15 is 0 Å². The number of carbonyl (C=O) groups is 1. The number of hydrogen-bond acceptors (Lipinski definition) is 2. The number of aromatic nitrogens is 1. The predicted molar refractivity (Wildman–Crippen MR) is 69.6 cm³/mol. The molecule has 0 bridgehead atoms. The second-order valence-corrected chi connectivity index (χ2v) is 4.69. The second-order valence-electron chi connectivity index (χ2n) is 4.69. The van der Waals surface area contributed by atoms with Gasteiger partial charge in [0.2, 0.25) is 0 Å². The Morgan fingerprint density at radius 1 is 1.44 bits per heavy atom. The van der Waals surface area contributed by atoms with Gasteiger partial charge in [-0.2, -0.15) is 0 Å². The lowest BCUT2D eigenvalue weighted by molar-refractivity contribution is 0.0867. The number of nitrogens with one attached hydrogen (secondary N) is 2. The van der Waals surface area contributed by atoms with Gasteiger partial charge in [0.1, 0.15) is 0 Å². The molecule has 0 radical (unpaired) electrons. The summed E-state index contributed by atoms with van der Waals surface area (Å²) in [7, 11) is 0. The number of benzene rings is 1. The fourth-order valence-electron chi connectivity index (χ4n) is 2.45. The van der Waals surface area contributed by atoms with Gasteiger partial charge in [-0.05, 0) is 31.5 Å². The molecular formula is C14H16N2O2. The smallest absolute Gasteiger partial charge is 0.252 e. The van der Waals surface area contributed by atoms with Gasteiger partial charge in [0.15, 0.2) is 0 Å². The molecule has 18 heavy (non-hydrogen) atoms. The first kappa shape index (κ1) is 11.3. The molecule has 3 rings (SSSR count). The molecule has 1 saturated heterocycles. The molecule has 2 heterocycles. The van der Waals surface area contributed by atoms with Gasteiger partial charge in [-0.15, -0.1) is 0 Å². The molecule has 1 aromatic heterocycles. The van der Waals surface area contributed by atoms with E-state index in [1.165, 1.54) is 0 Å². The van der Waals surface area contributed by atoms with E-state index in [4.69, 9.17) is 4.74 Å². The number of carbonyl (C=O) groups excluding carboxylic acids is 1. The molecule has 1 aliphatic heterocycles. The van der Waals surface area contributed by atoms with Gasteiger partial charge in [0.05, 0.1) is 12.1 Å². The van der Waals surface area contributed by atoms with E-state index in [-0.39, 0.29) is 18.1 Å². The van der Waals surface area contributed by atoms with Crippen LogP contribution in [0.4, 0.5) is 0 Å². The lowest BCUT2D eigenvalue weighted by Crippen LogP contribution is -2.39. The summed E-state index contributed by atoms with van der Waals surface area (Å²) in [5.74, 6) is -0.0254. The number of amides is 1. The van der Waals surface area contributed by atoms with Crippen molar-refractivity contribution in [3.63, 3.8) is 0 Å². The molecule has 0 spiro atoms. The summed E-state index contributed by atoms with van der Waals surface area (Å²) in [4.78, 5) is 15.4. The summed E-state index contributed by atoms with van der Waals surface area (Å²) < 4.78 is 5.45. The standard InChI is InChI=1S/C14H16N2O2/c1-9-12(6-8-18-9)16-14(17)11-3-2-4-13-10(11)5-7-15-13/h2-5,7,9,12,15H,6,8H2,1H3,(H,16,17). The van der Waals surface area contributed by atoms with E-state index in [0.717, 1.165) is 23.9 Å². The minimum atomic E-state index is -0.0254. The number of rotatable bonds is 2. The molecule has 0 saturated carbocycles. The number of aromatic amines is 1. The van der Waals surface area contributed by atoms with Gasteiger partial charge in [0.25, 0.3) is 5.91 Å². The third-order valence-electron chi connectivity index (χ3n) is 3.53. The fourth-order valence-corrected chi connectivity index (χ4v) is 2.45. The molecular weight excluding hydrogens is 228 g/mol. The van der Waals surface area contributed by atoms with Crippen molar-refractivity contribution in [2.45, 2.75) is 25.5 Å². The number of H-pyrrole nitrogens is 1. The van der Waals surface area contributed by atoms with E-state index in [2.05, 4.69) is 10.3 Å². The molecule has 2 atom stereocenters. The molecule has 1 aliphatic rings. The molecule has 1 fully saturated rings. The van der Waals surface area contributed by atoms with E-state index in [9.17, 15) is 4.79 Å². The summed E-state index contributed by atoms with van der Waals surface area (Å²) in [6, 6.07) is 7.76. The monoisotopic (exact) mass is 244 g/mol. The number of fused-ring (bicyclic) bond motifs is 1. The van der Waals surface area contributed by atoms with Crippen LogP contribution in [0, 0.1) is 0 Å². The lowest BCUT2D eigenvalue weighted by Gasteiger charge is -2.16. The molecule has 1 aromatic carbocycles.